The molecule has 0 saturated carbocycles. The van der Waals surface area contributed by atoms with Crippen LogP contribution < -0.4 is 10.5 Å². The smallest absolute Gasteiger partial charge is 0.247 e. The monoisotopic (exact) mass is 395 g/mol. The number of hydrogen-bond acceptors (Lipinski definition) is 7. The number of sulfonamides is 1. The number of carbonyl (C=O) groups is 1. The van der Waals surface area contributed by atoms with E-state index in [-0.39, 0.29) is 27.3 Å². The van der Waals surface area contributed by atoms with E-state index in [9.17, 15) is 21.6 Å². The highest BCUT2D eigenvalue weighted by molar-refractivity contribution is 7.95. The summed E-state index contributed by atoms with van der Waals surface area (Å²) in [5.41, 5.74) is 0.341. The summed E-state index contributed by atoms with van der Waals surface area (Å²) in [5.74, 6) is -0.175. The molecule has 0 fully saturated rings. The molecular formula is C13H21N3O5S3. The molecule has 2 rings (SSSR count). The molecule has 0 aromatic carbocycles. The highest BCUT2D eigenvalue weighted by atomic mass is 32.3. The maximum absolute atomic E-state index is 12.6. The zero-order valence-corrected chi connectivity index (χ0v) is 16.1. The van der Waals surface area contributed by atoms with Gasteiger partial charge in [-0.2, -0.15) is 0 Å². The van der Waals surface area contributed by atoms with Crippen molar-refractivity contribution in [3.8, 4) is 0 Å². The van der Waals surface area contributed by atoms with Crippen molar-refractivity contribution in [3.63, 3.8) is 0 Å². The molecule has 2 heterocycles. The van der Waals surface area contributed by atoms with Gasteiger partial charge in [-0.05, 0) is 33.4 Å². The summed E-state index contributed by atoms with van der Waals surface area (Å²) in [7, 11) is -5.99. The molecule has 0 radical (unpaired) electrons. The molecule has 1 aromatic rings. The number of nitrogens with zero attached hydrogens (tertiary/aromatic N) is 1. The Bertz CT molecular complexity index is 844. The summed E-state index contributed by atoms with van der Waals surface area (Å²) in [4.78, 5) is 13.9. The molecule has 1 aromatic heterocycles. The van der Waals surface area contributed by atoms with E-state index in [4.69, 9.17) is 5.14 Å². The minimum absolute atomic E-state index is 0.00835. The molecule has 8 nitrogen and oxygen atoms in total. The Kier molecular flexibility index (Phi) is 5.40. The third-order valence-electron chi connectivity index (χ3n) is 4.05. The number of nitrogens with one attached hydrogen (secondary N) is 1. The van der Waals surface area contributed by atoms with E-state index >= 15 is 0 Å². The lowest BCUT2D eigenvalue weighted by molar-refractivity contribution is -0.132. The first kappa shape index (κ1) is 19.3. The fraction of sp³-hybridized carbons (Fsp3) is 0.615. The molecule has 136 valence electrons. The zero-order chi connectivity index (χ0) is 18.3. The second-order valence-corrected chi connectivity index (χ2v) is 11.1. The molecule has 0 aliphatic carbocycles. The van der Waals surface area contributed by atoms with Gasteiger partial charge in [0.1, 0.15) is 8.42 Å². The first-order valence-electron chi connectivity index (χ1n) is 7.38. The predicted octanol–water partition coefficient (Wildman–Crippen LogP) is 0.0704. The number of thiophene rings is 1. The van der Waals surface area contributed by atoms with Crippen molar-refractivity contribution >= 4 is 37.1 Å². The number of hydrogen-bond donors (Lipinski definition) is 2. The standard InChI is InChI=1S/C13H21N3O5S3/c1-4-16(11(17)7-15-3)10-5-8(2)23(18,19)13-9(10)6-12(22-13)24(14,20)21/h6,8,10,15H,4-5,7H2,1-3H3,(H2,14,20,21). The molecule has 2 unspecified atom stereocenters. The van der Waals surface area contributed by atoms with Gasteiger partial charge in [0.05, 0.1) is 17.8 Å². The van der Waals surface area contributed by atoms with Crippen molar-refractivity contribution in [2.75, 3.05) is 20.1 Å². The van der Waals surface area contributed by atoms with Gasteiger partial charge in [0, 0.05) is 12.1 Å². The van der Waals surface area contributed by atoms with Gasteiger partial charge in [-0.3, -0.25) is 4.79 Å². The Labute approximate surface area is 146 Å². The first-order chi connectivity index (χ1) is 11.0. The van der Waals surface area contributed by atoms with Crippen LogP contribution in [0.2, 0.25) is 0 Å². The Hall–Kier alpha value is -1.01. The SMILES string of the molecule is CCN(C(=O)CNC)C1CC(C)S(=O)(=O)c2sc(S(N)(=O)=O)cc21. The van der Waals surface area contributed by atoms with Crippen LogP contribution in [0.3, 0.4) is 0 Å². The quantitative estimate of drug-likeness (QED) is 0.726. The molecule has 1 aliphatic heterocycles. The van der Waals surface area contributed by atoms with Crippen molar-refractivity contribution < 1.29 is 21.6 Å². The summed E-state index contributed by atoms with van der Waals surface area (Å²) in [6.45, 7) is 3.87. The minimum Gasteiger partial charge on any atom is -0.335 e. The van der Waals surface area contributed by atoms with Gasteiger partial charge in [0.25, 0.3) is 0 Å². The number of likely N-dealkylation sites (N-methyl/N-ethyl adjacent to an activating group) is 2. The molecule has 11 heteroatoms. The summed E-state index contributed by atoms with van der Waals surface area (Å²) >= 11 is 0.655. The minimum atomic E-state index is -4.01. The van der Waals surface area contributed by atoms with Crippen molar-refractivity contribution in [2.45, 2.75) is 40.0 Å². The van der Waals surface area contributed by atoms with Gasteiger partial charge in [-0.25, -0.2) is 22.0 Å². The average molecular weight is 396 g/mol. The summed E-state index contributed by atoms with van der Waals surface area (Å²) < 4.78 is 48.2. The summed E-state index contributed by atoms with van der Waals surface area (Å²) in [6.07, 6.45) is 0.222. The first-order valence-corrected chi connectivity index (χ1v) is 11.3. The normalized spacial score (nSPS) is 22.8. The van der Waals surface area contributed by atoms with E-state index in [1.54, 1.807) is 25.8 Å². The van der Waals surface area contributed by atoms with E-state index in [2.05, 4.69) is 5.32 Å². The van der Waals surface area contributed by atoms with E-state index < -0.39 is 31.2 Å². The molecule has 1 aliphatic rings. The maximum Gasteiger partial charge on any atom is 0.247 e. The van der Waals surface area contributed by atoms with E-state index in [1.165, 1.54) is 6.07 Å². The number of amides is 1. The number of primary sulfonamides is 1. The van der Waals surface area contributed by atoms with Crippen molar-refractivity contribution in [2.24, 2.45) is 5.14 Å². The van der Waals surface area contributed by atoms with E-state index in [0.29, 0.717) is 23.4 Å². The molecule has 2 atom stereocenters. The molecule has 24 heavy (non-hydrogen) atoms. The summed E-state index contributed by atoms with van der Waals surface area (Å²) in [6, 6.07) is 0.801. The van der Waals surface area contributed by atoms with Gasteiger partial charge < -0.3 is 10.2 Å². The number of carbonyl (C=O) groups excluding carboxylic acids is 1. The van der Waals surface area contributed by atoms with Gasteiger partial charge in [0.15, 0.2) is 9.84 Å². The lowest BCUT2D eigenvalue weighted by Crippen LogP contribution is -2.43. The fourth-order valence-electron chi connectivity index (χ4n) is 2.83. The van der Waals surface area contributed by atoms with Gasteiger partial charge >= 0.3 is 0 Å². The number of rotatable bonds is 5. The Morgan fingerprint density at radius 3 is 2.62 bits per heavy atom. The largest absolute Gasteiger partial charge is 0.335 e. The zero-order valence-electron chi connectivity index (χ0n) is 13.6. The third kappa shape index (κ3) is 3.36. The number of sulfone groups is 1. The van der Waals surface area contributed by atoms with Crippen molar-refractivity contribution in [1.82, 2.24) is 10.2 Å². The van der Waals surface area contributed by atoms with Crippen molar-refractivity contribution in [1.29, 1.82) is 0 Å². The average Bonchev–Trinajstić information content (AvgIpc) is 2.92. The predicted molar refractivity (Wildman–Crippen MR) is 91.0 cm³/mol. The molecule has 1 amide bonds. The van der Waals surface area contributed by atoms with Gasteiger partial charge in [-0.1, -0.05) is 0 Å². The van der Waals surface area contributed by atoms with Gasteiger partial charge in [0.2, 0.25) is 15.9 Å². The highest BCUT2D eigenvalue weighted by Gasteiger charge is 2.42. The number of nitrogens with two attached hydrogens (primary N) is 1. The van der Waals surface area contributed by atoms with Crippen LogP contribution in [-0.4, -0.2) is 53.0 Å². The van der Waals surface area contributed by atoms with Crippen LogP contribution in [0.5, 0.6) is 0 Å². The van der Waals surface area contributed by atoms with Crippen molar-refractivity contribution in [3.05, 3.63) is 11.6 Å². The van der Waals surface area contributed by atoms with Crippen LogP contribution in [0.25, 0.3) is 0 Å². The van der Waals surface area contributed by atoms with Crippen LogP contribution in [-0.2, 0) is 24.7 Å². The van der Waals surface area contributed by atoms with E-state index in [1.807, 2.05) is 0 Å². The van der Waals surface area contributed by atoms with Gasteiger partial charge in [-0.15, -0.1) is 11.3 Å². The molecule has 3 N–H and O–H groups in total. The fourth-order valence-corrected chi connectivity index (χ4v) is 7.23. The third-order valence-corrected chi connectivity index (χ3v) is 9.37. The Morgan fingerprint density at radius 2 is 2.12 bits per heavy atom. The number of fused-ring (bicyclic) bond motifs is 1. The second-order valence-electron chi connectivity index (χ2n) is 5.67. The molecular weight excluding hydrogens is 374 g/mol. The maximum atomic E-state index is 12.6. The molecule has 0 saturated heterocycles. The summed E-state index contributed by atoms with van der Waals surface area (Å²) in [5, 5.41) is 7.22. The lowest BCUT2D eigenvalue weighted by Gasteiger charge is -2.36. The highest BCUT2D eigenvalue weighted by Crippen LogP contribution is 2.44. The van der Waals surface area contributed by atoms with Crippen LogP contribution in [0.4, 0.5) is 0 Å². The second kappa shape index (κ2) is 6.71. The molecule has 0 spiro atoms. The van der Waals surface area contributed by atoms with E-state index in [0.717, 1.165) is 0 Å². The van der Waals surface area contributed by atoms with Crippen LogP contribution in [0.15, 0.2) is 14.5 Å². The van der Waals surface area contributed by atoms with Crippen LogP contribution in [0, 0.1) is 0 Å². The van der Waals surface area contributed by atoms with Crippen LogP contribution >= 0.6 is 11.3 Å². The Morgan fingerprint density at radius 1 is 1.50 bits per heavy atom. The lowest BCUT2D eigenvalue weighted by atomic mass is 10.0. The Balaban J connectivity index is 2.61. The molecule has 0 bridgehead atoms. The topological polar surface area (TPSA) is 127 Å². The van der Waals surface area contributed by atoms with Crippen LogP contribution in [0.1, 0.15) is 31.9 Å².